The van der Waals surface area contributed by atoms with E-state index in [0.717, 1.165) is 23.8 Å². The standard InChI is InChI=1S/C30H29FN6O3/c1-2-26(29-33-34-35-37(29)17-21-8-10-24(31)11-9-21)36(13-12-20-6-4-3-5-7-20)18-23-14-22-15-27-28(40-19-39-27)16-25(22)32-30(23)38/h3-11,14-16,26H,2,12-13,17-19H2,1H3,(H,32,38)/t26-/m0/s1. The summed E-state index contributed by atoms with van der Waals surface area (Å²) < 4.78 is 26.2. The van der Waals surface area contributed by atoms with Gasteiger partial charge in [-0.1, -0.05) is 49.4 Å². The third kappa shape index (κ3) is 5.43. The maximum Gasteiger partial charge on any atom is 0.252 e. The Hall–Kier alpha value is -4.57. The minimum Gasteiger partial charge on any atom is -0.454 e. The van der Waals surface area contributed by atoms with E-state index in [1.807, 2.05) is 30.3 Å². The second kappa shape index (κ2) is 11.3. The van der Waals surface area contributed by atoms with Gasteiger partial charge in [0.1, 0.15) is 5.82 Å². The highest BCUT2D eigenvalue weighted by Gasteiger charge is 2.26. The van der Waals surface area contributed by atoms with Crippen LogP contribution in [0.4, 0.5) is 4.39 Å². The number of halogens is 1. The van der Waals surface area contributed by atoms with Crippen LogP contribution in [0.25, 0.3) is 10.9 Å². The summed E-state index contributed by atoms with van der Waals surface area (Å²) in [6.45, 7) is 3.75. The monoisotopic (exact) mass is 540 g/mol. The first-order valence-corrected chi connectivity index (χ1v) is 13.3. The van der Waals surface area contributed by atoms with E-state index in [2.05, 4.69) is 44.5 Å². The molecule has 1 atom stereocenters. The topological polar surface area (TPSA) is 98.2 Å². The fourth-order valence-corrected chi connectivity index (χ4v) is 5.17. The first-order valence-electron chi connectivity index (χ1n) is 13.3. The van der Waals surface area contributed by atoms with Crippen LogP contribution in [0.15, 0.2) is 77.6 Å². The normalized spacial score (nSPS) is 13.3. The average molecular weight is 541 g/mol. The molecule has 0 amide bonds. The number of nitrogens with one attached hydrogen (secondary N) is 1. The summed E-state index contributed by atoms with van der Waals surface area (Å²) in [5.74, 6) is 1.70. The van der Waals surface area contributed by atoms with Gasteiger partial charge in [-0.2, -0.15) is 0 Å². The number of hydrogen-bond donors (Lipinski definition) is 1. The van der Waals surface area contributed by atoms with E-state index in [9.17, 15) is 9.18 Å². The van der Waals surface area contributed by atoms with Gasteiger partial charge in [0.2, 0.25) is 6.79 Å². The zero-order valence-corrected chi connectivity index (χ0v) is 22.1. The van der Waals surface area contributed by atoms with Gasteiger partial charge < -0.3 is 14.5 Å². The number of pyridine rings is 1. The molecule has 1 N–H and O–H groups in total. The molecule has 0 bridgehead atoms. The highest BCUT2D eigenvalue weighted by molar-refractivity contribution is 5.83. The number of rotatable bonds is 10. The predicted octanol–water partition coefficient (Wildman–Crippen LogP) is 4.63. The van der Waals surface area contributed by atoms with Crippen molar-refractivity contribution in [1.29, 1.82) is 0 Å². The van der Waals surface area contributed by atoms with Crippen LogP contribution in [0.5, 0.6) is 11.5 Å². The molecule has 9 nitrogen and oxygen atoms in total. The lowest BCUT2D eigenvalue weighted by Crippen LogP contribution is -2.34. The molecular weight excluding hydrogens is 511 g/mol. The first-order chi connectivity index (χ1) is 19.6. The molecule has 3 heterocycles. The molecule has 0 unspecified atom stereocenters. The predicted molar refractivity (Wildman–Crippen MR) is 148 cm³/mol. The molecule has 2 aromatic heterocycles. The van der Waals surface area contributed by atoms with Crippen LogP contribution < -0.4 is 15.0 Å². The minimum atomic E-state index is -0.288. The Balaban J connectivity index is 1.33. The van der Waals surface area contributed by atoms with Gasteiger partial charge in [0, 0.05) is 30.1 Å². The van der Waals surface area contributed by atoms with Crippen molar-refractivity contribution in [2.45, 2.75) is 38.9 Å². The molecule has 10 heteroatoms. The number of H-pyrrole nitrogens is 1. The van der Waals surface area contributed by atoms with Crippen LogP contribution in [-0.2, 0) is 19.5 Å². The van der Waals surface area contributed by atoms with E-state index >= 15 is 0 Å². The Kier molecular flexibility index (Phi) is 7.24. The maximum atomic E-state index is 13.5. The number of tetrazole rings is 1. The molecule has 0 saturated heterocycles. The van der Waals surface area contributed by atoms with Crippen molar-refractivity contribution < 1.29 is 13.9 Å². The molecule has 3 aromatic carbocycles. The zero-order chi connectivity index (χ0) is 27.5. The van der Waals surface area contributed by atoms with Crippen molar-refractivity contribution in [2.75, 3.05) is 13.3 Å². The molecule has 40 heavy (non-hydrogen) atoms. The highest BCUT2D eigenvalue weighted by Crippen LogP contribution is 2.35. The van der Waals surface area contributed by atoms with Crippen LogP contribution >= 0.6 is 0 Å². The molecule has 1 aliphatic heterocycles. The second-order valence-electron chi connectivity index (χ2n) is 9.87. The minimum absolute atomic E-state index is 0.156. The largest absolute Gasteiger partial charge is 0.454 e. The number of ether oxygens (including phenoxy) is 2. The molecule has 204 valence electrons. The van der Waals surface area contributed by atoms with Crippen molar-refractivity contribution >= 4 is 10.9 Å². The van der Waals surface area contributed by atoms with Crippen LogP contribution in [0.3, 0.4) is 0 Å². The second-order valence-corrected chi connectivity index (χ2v) is 9.87. The van der Waals surface area contributed by atoms with Gasteiger partial charge in [-0.05, 0) is 58.7 Å². The van der Waals surface area contributed by atoms with E-state index in [-0.39, 0.29) is 24.2 Å². The summed E-state index contributed by atoms with van der Waals surface area (Å²) in [4.78, 5) is 18.5. The van der Waals surface area contributed by atoms with Crippen LogP contribution in [0, 0.1) is 5.82 Å². The highest BCUT2D eigenvalue weighted by atomic mass is 19.1. The third-order valence-corrected chi connectivity index (χ3v) is 7.25. The smallest absolute Gasteiger partial charge is 0.252 e. The third-order valence-electron chi connectivity index (χ3n) is 7.25. The number of fused-ring (bicyclic) bond motifs is 2. The fourth-order valence-electron chi connectivity index (χ4n) is 5.17. The summed E-state index contributed by atoms with van der Waals surface area (Å²) in [5, 5.41) is 13.5. The van der Waals surface area contributed by atoms with E-state index < -0.39 is 0 Å². The molecular formula is C30H29FN6O3. The summed E-state index contributed by atoms with van der Waals surface area (Å²) >= 11 is 0. The molecule has 6 rings (SSSR count). The van der Waals surface area contributed by atoms with Crippen molar-refractivity contribution in [3.63, 3.8) is 0 Å². The van der Waals surface area contributed by atoms with Gasteiger partial charge in [-0.25, -0.2) is 9.07 Å². The number of nitrogens with zero attached hydrogens (tertiary/aromatic N) is 5. The van der Waals surface area contributed by atoms with Gasteiger partial charge in [0.25, 0.3) is 5.56 Å². The number of hydrogen-bond acceptors (Lipinski definition) is 7. The lowest BCUT2D eigenvalue weighted by molar-refractivity contribution is 0.172. The van der Waals surface area contributed by atoms with E-state index in [0.29, 0.717) is 48.0 Å². The SMILES string of the molecule is CC[C@@H](c1nnnn1Cc1ccc(F)cc1)N(CCc1ccccc1)Cc1cc2cc3c(cc2[nH]c1=O)OCO3. The Morgan fingerprint density at radius 2 is 1.80 bits per heavy atom. The molecule has 0 aliphatic carbocycles. The lowest BCUT2D eigenvalue weighted by atomic mass is 10.1. The van der Waals surface area contributed by atoms with Crippen LogP contribution in [0.1, 0.15) is 41.9 Å². The molecule has 0 fully saturated rings. The van der Waals surface area contributed by atoms with Crippen molar-refractivity contribution in [1.82, 2.24) is 30.1 Å². The van der Waals surface area contributed by atoms with Crippen LogP contribution in [-0.4, -0.2) is 43.4 Å². The Morgan fingerprint density at radius 3 is 2.58 bits per heavy atom. The summed E-state index contributed by atoms with van der Waals surface area (Å²) in [6.07, 6.45) is 1.52. The van der Waals surface area contributed by atoms with E-state index in [1.165, 1.54) is 17.7 Å². The summed E-state index contributed by atoms with van der Waals surface area (Å²) in [7, 11) is 0. The summed E-state index contributed by atoms with van der Waals surface area (Å²) in [5.41, 5.74) is 3.27. The Labute approximate surface area is 230 Å². The molecule has 0 saturated carbocycles. The van der Waals surface area contributed by atoms with Gasteiger partial charge in [0.15, 0.2) is 17.3 Å². The van der Waals surface area contributed by atoms with Gasteiger partial charge >= 0.3 is 0 Å². The van der Waals surface area contributed by atoms with E-state index in [1.54, 1.807) is 22.9 Å². The number of aromatic nitrogens is 5. The Bertz CT molecular complexity index is 1670. The van der Waals surface area contributed by atoms with Gasteiger partial charge in [-0.3, -0.25) is 9.69 Å². The maximum absolute atomic E-state index is 13.5. The van der Waals surface area contributed by atoms with Gasteiger partial charge in [-0.15, -0.1) is 5.10 Å². The first kappa shape index (κ1) is 25.7. The Morgan fingerprint density at radius 1 is 1.02 bits per heavy atom. The van der Waals surface area contributed by atoms with Crippen molar-refractivity contribution in [3.8, 4) is 11.5 Å². The van der Waals surface area contributed by atoms with E-state index in [4.69, 9.17) is 9.47 Å². The fraction of sp³-hybridized carbons (Fsp3) is 0.267. The number of aromatic amines is 1. The zero-order valence-electron chi connectivity index (χ0n) is 22.1. The van der Waals surface area contributed by atoms with Crippen molar-refractivity contribution in [3.05, 3.63) is 111 Å². The quantitative estimate of drug-likeness (QED) is 0.276. The summed E-state index contributed by atoms with van der Waals surface area (Å²) in [6, 6.07) is 22.0. The van der Waals surface area contributed by atoms with Crippen LogP contribution in [0.2, 0.25) is 0 Å². The number of benzene rings is 3. The molecule has 0 spiro atoms. The molecule has 0 radical (unpaired) electrons. The lowest BCUT2D eigenvalue weighted by Gasteiger charge is -2.30. The van der Waals surface area contributed by atoms with Gasteiger partial charge in [0.05, 0.1) is 18.1 Å². The average Bonchev–Trinajstić information content (AvgIpc) is 3.62. The van der Waals surface area contributed by atoms with Crippen molar-refractivity contribution in [2.24, 2.45) is 0 Å². The molecule has 1 aliphatic rings. The molecule has 5 aromatic rings.